The van der Waals surface area contributed by atoms with Gasteiger partial charge in [-0.25, -0.2) is 0 Å². The number of aromatic nitrogens is 2. The summed E-state index contributed by atoms with van der Waals surface area (Å²) in [6.45, 7) is 0. The SMILES string of the molecule is CN(c1ccccc1)c1nnc(CCCl)o1. The molecule has 0 radical (unpaired) electrons. The number of alkyl halides is 1. The maximum atomic E-state index is 5.60. The molecule has 1 heterocycles. The summed E-state index contributed by atoms with van der Waals surface area (Å²) in [6.07, 6.45) is 0.594. The maximum Gasteiger partial charge on any atom is 0.322 e. The molecule has 0 fully saturated rings. The average Bonchev–Trinajstić information content (AvgIpc) is 2.78. The van der Waals surface area contributed by atoms with Crippen LogP contribution in [0.15, 0.2) is 34.7 Å². The van der Waals surface area contributed by atoms with Crippen LogP contribution >= 0.6 is 11.6 Å². The van der Waals surface area contributed by atoms with Gasteiger partial charge in [-0.05, 0) is 12.1 Å². The van der Waals surface area contributed by atoms with Crippen molar-refractivity contribution in [3.8, 4) is 0 Å². The van der Waals surface area contributed by atoms with Crippen molar-refractivity contribution in [3.05, 3.63) is 36.2 Å². The van der Waals surface area contributed by atoms with Gasteiger partial charge in [0.1, 0.15) is 0 Å². The highest BCUT2D eigenvalue weighted by Gasteiger charge is 2.11. The zero-order chi connectivity index (χ0) is 11.4. The molecular weight excluding hydrogens is 226 g/mol. The minimum Gasteiger partial charge on any atom is -0.408 e. The van der Waals surface area contributed by atoms with E-state index >= 15 is 0 Å². The molecule has 0 aliphatic heterocycles. The summed E-state index contributed by atoms with van der Waals surface area (Å²) < 4.78 is 5.46. The molecule has 0 N–H and O–H groups in total. The number of para-hydroxylation sites is 1. The summed E-state index contributed by atoms with van der Waals surface area (Å²) in [7, 11) is 1.88. The maximum absolute atomic E-state index is 5.60. The van der Waals surface area contributed by atoms with Crippen molar-refractivity contribution in [2.75, 3.05) is 17.8 Å². The molecule has 0 amide bonds. The van der Waals surface area contributed by atoms with Gasteiger partial charge in [-0.1, -0.05) is 23.3 Å². The molecule has 0 bridgehead atoms. The Bertz CT molecular complexity index is 444. The molecule has 84 valence electrons. The van der Waals surface area contributed by atoms with Crippen LogP contribution in [0.25, 0.3) is 0 Å². The van der Waals surface area contributed by atoms with Crippen LogP contribution in [0.4, 0.5) is 11.7 Å². The first-order valence-electron chi connectivity index (χ1n) is 4.98. The van der Waals surface area contributed by atoms with Crippen molar-refractivity contribution in [2.45, 2.75) is 6.42 Å². The monoisotopic (exact) mass is 237 g/mol. The Morgan fingerprint density at radius 3 is 2.69 bits per heavy atom. The predicted molar refractivity (Wildman–Crippen MR) is 63.2 cm³/mol. The molecular formula is C11H12ClN3O. The number of rotatable bonds is 4. The highest BCUT2D eigenvalue weighted by Crippen LogP contribution is 2.21. The first kappa shape index (κ1) is 11.0. The lowest BCUT2D eigenvalue weighted by atomic mass is 10.3. The fourth-order valence-electron chi connectivity index (χ4n) is 1.32. The average molecular weight is 238 g/mol. The molecule has 5 heteroatoms. The van der Waals surface area contributed by atoms with Gasteiger partial charge < -0.3 is 4.42 Å². The topological polar surface area (TPSA) is 42.2 Å². The van der Waals surface area contributed by atoms with Crippen LogP contribution in [0.3, 0.4) is 0 Å². The first-order valence-corrected chi connectivity index (χ1v) is 5.52. The lowest BCUT2D eigenvalue weighted by Gasteiger charge is -2.13. The molecule has 0 aliphatic rings. The van der Waals surface area contributed by atoms with E-state index in [1.807, 2.05) is 42.3 Å². The predicted octanol–water partition coefficient (Wildman–Crippen LogP) is 2.62. The summed E-state index contributed by atoms with van der Waals surface area (Å²) in [6, 6.07) is 10.3. The molecule has 0 atom stereocenters. The second kappa shape index (κ2) is 4.99. The molecule has 2 aromatic rings. The Morgan fingerprint density at radius 2 is 2.00 bits per heavy atom. The van der Waals surface area contributed by atoms with Crippen LogP contribution in [0.5, 0.6) is 0 Å². The van der Waals surface area contributed by atoms with Crippen LogP contribution in [-0.4, -0.2) is 23.1 Å². The van der Waals surface area contributed by atoms with Gasteiger partial charge in [0, 0.05) is 25.0 Å². The van der Waals surface area contributed by atoms with Crippen LogP contribution < -0.4 is 4.90 Å². The van der Waals surface area contributed by atoms with Gasteiger partial charge in [-0.15, -0.1) is 16.7 Å². The number of nitrogens with zero attached hydrogens (tertiary/aromatic N) is 3. The fourth-order valence-corrected chi connectivity index (χ4v) is 1.49. The normalized spacial score (nSPS) is 10.4. The van der Waals surface area contributed by atoms with Crippen molar-refractivity contribution >= 4 is 23.3 Å². The van der Waals surface area contributed by atoms with Crippen molar-refractivity contribution in [1.29, 1.82) is 0 Å². The quantitative estimate of drug-likeness (QED) is 0.767. The van der Waals surface area contributed by atoms with Crippen molar-refractivity contribution in [1.82, 2.24) is 10.2 Å². The largest absolute Gasteiger partial charge is 0.408 e. The van der Waals surface area contributed by atoms with E-state index in [0.29, 0.717) is 24.2 Å². The van der Waals surface area contributed by atoms with Crippen LogP contribution in [0.1, 0.15) is 5.89 Å². The van der Waals surface area contributed by atoms with Gasteiger partial charge in [-0.3, -0.25) is 4.90 Å². The third kappa shape index (κ3) is 2.33. The van der Waals surface area contributed by atoms with Gasteiger partial charge in [-0.2, -0.15) is 0 Å². The van der Waals surface area contributed by atoms with Gasteiger partial charge in [0.2, 0.25) is 5.89 Å². The summed E-state index contributed by atoms with van der Waals surface area (Å²) in [5.41, 5.74) is 1.00. The Balaban J connectivity index is 2.17. The van der Waals surface area contributed by atoms with E-state index in [9.17, 15) is 0 Å². The van der Waals surface area contributed by atoms with Crippen LogP contribution in [0, 0.1) is 0 Å². The Morgan fingerprint density at radius 1 is 1.25 bits per heavy atom. The number of benzene rings is 1. The Kier molecular flexibility index (Phi) is 3.41. The highest BCUT2D eigenvalue weighted by atomic mass is 35.5. The second-order valence-electron chi connectivity index (χ2n) is 3.31. The molecule has 16 heavy (non-hydrogen) atoms. The molecule has 0 unspecified atom stereocenters. The molecule has 4 nitrogen and oxygen atoms in total. The number of aryl methyl sites for hydroxylation is 1. The summed E-state index contributed by atoms with van der Waals surface area (Å²) in [5.74, 6) is 1.05. The van der Waals surface area contributed by atoms with E-state index in [-0.39, 0.29) is 0 Å². The molecule has 1 aromatic heterocycles. The molecule has 0 aliphatic carbocycles. The lowest BCUT2D eigenvalue weighted by molar-refractivity contribution is 0.505. The fraction of sp³-hybridized carbons (Fsp3) is 0.273. The standard InChI is InChI=1S/C11H12ClN3O/c1-15(9-5-3-2-4-6-9)11-14-13-10(16-11)7-8-12/h2-6H,7-8H2,1H3. The molecule has 0 saturated carbocycles. The lowest BCUT2D eigenvalue weighted by Crippen LogP contribution is -2.09. The Hall–Kier alpha value is -1.55. The first-order chi connectivity index (χ1) is 7.81. The van der Waals surface area contributed by atoms with Crippen molar-refractivity contribution < 1.29 is 4.42 Å². The zero-order valence-corrected chi connectivity index (χ0v) is 9.68. The van der Waals surface area contributed by atoms with Crippen LogP contribution in [0.2, 0.25) is 0 Å². The molecule has 0 saturated heterocycles. The molecule has 1 aromatic carbocycles. The van der Waals surface area contributed by atoms with E-state index in [2.05, 4.69) is 10.2 Å². The summed E-state index contributed by atoms with van der Waals surface area (Å²) >= 11 is 5.60. The van der Waals surface area contributed by atoms with Gasteiger partial charge in [0.15, 0.2) is 0 Å². The summed E-state index contributed by atoms with van der Waals surface area (Å²) in [5, 5.41) is 7.87. The molecule has 2 rings (SSSR count). The molecule has 0 spiro atoms. The second-order valence-corrected chi connectivity index (χ2v) is 3.69. The van der Waals surface area contributed by atoms with Gasteiger partial charge >= 0.3 is 6.01 Å². The van der Waals surface area contributed by atoms with Crippen LogP contribution in [-0.2, 0) is 6.42 Å². The number of hydrogen-bond donors (Lipinski definition) is 0. The van der Waals surface area contributed by atoms with E-state index < -0.39 is 0 Å². The number of anilines is 2. The van der Waals surface area contributed by atoms with Crippen molar-refractivity contribution in [3.63, 3.8) is 0 Å². The van der Waals surface area contributed by atoms with E-state index in [1.165, 1.54) is 0 Å². The highest BCUT2D eigenvalue weighted by molar-refractivity contribution is 6.17. The van der Waals surface area contributed by atoms with Gasteiger partial charge in [0.05, 0.1) is 0 Å². The Labute approximate surface area is 98.8 Å². The minimum atomic E-state index is 0.478. The van der Waals surface area contributed by atoms with E-state index in [1.54, 1.807) is 0 Å². The number of hydrogen-bond acceptors (Lipinski definition) is 4. The third-order valence-corrected chi connectivity index (χ3v) is 2.38. The smallest absolute Gasteiger partial charge is 0.322 e. The van der Waals surface area contributed by atoms with E-state index in [4.69, 9.17) is 16.0 Å². The van der Waals surface area contributed by atoms with E-state index in [0.717, 1.165) is 5.69 Å². The summed E-state index contributed by atoms with van der Waals surface area (Å²) in [4.78, 5) is 1.84. The zero-order valence-electron chi connectivity index (χ0n) is 8.93. The van der Waals surface area contributed by atoms with Gasteiger partial charge in [0.25, 0.3) is 0 Å². The third-order valence-electron chi connectivity index (χ3n) is 2.19. The minimum absolute atomic E-state index is 0.478. The van der Waals surface area contributed by atoms with Crippen molar-refractivity contribution in [2.24, 2.45) is 0 Å². The number of halogens is 1.